The largest absolute Gasteiger partial charge is 0.481 e. The average Bonchev–Trinajstić information content (AvgIpc) is 2.22. The summed E-state index contributed by atoms with van der Waals surface area (Å²) in [5, 5.41) is 8.48. The Morgan fingerprint density at radius 2 is 1.72 bits per heavy atom. The van der Waals surface area contributed by atoms with E-state index in [1.165, 1.54) is 12.8 Å². The third-order valence-electron chi connectivity index (χ3n) is 4.24. The molecular formula is C15H23FO2. The molecule has 102 valence electrons. The van der Waals surface area contributed by atoms with Crippen molar-refractivity contribution in [3.8, 4) is 0 Å². The summed E-state index contributed by atoms with van der Waals surface area (Å²) < 4.78 is 13.2. The number of aliphatic carboxylic acids is 1. The van der Waals surface area contributed by atoms with Crippen LogP contribution in [-0.4, -0.2) is 16.7 Å². The molecule has 3 saturated carbocycles. The molecule has 0 radical (unpaired) electrons. The minimum Gasteiger partial charge on any atom is -0.481 e. The van der Waals surface area contributed by atoms with Gasteiger partial charge in [0, 0.05) is 6.42 Å². The predicted octanol–water partition coefficient (Wildman–Crippen LogP) is 4.25. The number of hydrogen-bond donors (Lipinski definition) is 1. The van der Waals surface area contributed by atoms with Crippen LogP contribution in [0, 0.1) is 5.41 Å². The van der Waals surface area contributed by atoms with Crippen LogP contribution in [0.5, 0.6) is 0 Å². The maximum Gasteiger partial charge on any atom is 0.303 e. The quantitative estimate of drug-likeness (QED) is 0.493. The second-order valence-electron chi connectivity index (χ2n) is 6.15. The van der Waals surface area contributed by atoms with Gasteiger partial charge >= 0.3 is 5.97 Å². The maximum absolute atomic E-state index is 13.2. The van der Waals surface area contributed by atoms with Gasteiger partial charge in [0.1, 0.15) is 5.67 Å². The number of allylic oxidation sites excluding steroid dienone is 2. The van der Waals surface area contributed by atoms with E-state index in [4.69, 9.17) is 5.11 Å². The van der Waals surface area contributed by atoms with Gasteiger partial charge in [0.15, 0.2) is 0 Å². The molecule has 3 rings (SSSR count). The van der Waals surface area contributed by atoms with Crippen molar-refractivity contribution in [1.29, 1.82) is 0 Å². The lowest BCUT2D eigenvalue weighted by molar-refractivity contribution is -0.182. The van der Waals surface area contributed by atoms with E-state index < -0.39 is 11.6 Å². The minimum atomic E-state index is -0.783. The zero-order valence-electron chi connectivity index (χ0n) is 11.0. The zero-order valence-corrected chi connectivity index (χ0v) is 11.0. The Balaban J connectivity index is 1.40. The molecule has 3 fully saturated rings. The van der Waals surface area contributed by atoms with Gasteiger partial charge < -0.3 is 5.11 Å². The van der Waals surface area contributed by atoms with E-state index in [0.29, 0.717) is 6.42 Å². The highest BCUT2D eigenvalue weighted by molar-refractivity contribution is 5.66. The van der Waals surface area contributed by atoms with Crippen LogP contribution >= 0.6 is 0 Å². The molecule has 3 aliphatic rings. The smallest absolute Gasteiger partial charge is 0.303 e. The highest BCUT2D eigenvalue weighted by Crippen LogP contribution is 2.70. The Labute approximate surface area is 108 Å². The van der Waals surface area contributed by atoms with Crippen molar-refractivity contribution in [2.75, 3.05) is 0 Å². The fourth-order valence-electron chi connectivity index (χ4n) is 3.32. The van der Waals surface area contributed by atoms with Gasteiger partial charge in [-0.3, -0.25) is 4.79 Å². The molecule has 2 bridgehead atoms. The van der Waals surface area contributed by atoms with E-state index in [1.54, 1.807) is 0 Å². The number of carbonyl (C=O) groups is 1. The molecule has 0 aromatic carbocycles. The van der Waals surface area contributed by atoms with Crippen molar-refractivity contribution >= 4 is 5.97 Å². The standard InChI is InChI=1S/C15H23FO2/c16-15-10-14(11-15,12-15)9-7-5-3-1-2-4-6-8-13(17)18/h7,9H,1-6,8,10-12H2,(H,17,18). The molecule has 0 aliphatic heterocycles. The van der Waals surface area contributed by atoms with Crippen LogP contribution in [0.3, 0.4) is 0 Å². The highest BCUT2D eigenvalue weighted by atomic mass is 19.1. The van der Waals surface area contributed by atoms with Crippen molar-refractivity contribution < 1.29 is 14.3 Å². The molecule has 0 aromatic heterocycles. The summed E-state index contributed by atoms with van der Waals surface area (Å²) in [7, 11) is 0. The topological polar surface area (TPSA) is 37.3 Å². The highest BCUT2D eigenvalue weighted by Gasteiger charge is 2.67. The molecule has 0 amide bonds. The molecule has 0 unspecified atom stereocenters. The van der Waals surface area contributed by atoms with Crippen LogP contribution in [-0.2, 0) is 4.79 Å². The fourth-order valence-corrected chi connectivity index (χ4v) is 3.32. The monoisotopic (exact) mass is 254 g/mol. The van der Waals surface area contributed by atoms with E-state index >= 15 is 0 Å². The second-order valence-corrected chi connectivity index (χ2v) is 6.15. The number of carboxylic acid groups (broad SMARTS) is 1. The minimum absolute atomic E-state index is 0.246. The molecule has 0 saturated heterocycles. The van der Waals surface area contributed by atoms with Gasteiger partial charge in [0.25, 0.3) is 0 Å². The lowest BCUT2D eigenvalue weighted by Gasteiger charge is -2.64. The average molecular weight is 254 g/mol. The van der Waals surface area contributed by atoms with Crippen molar-refractivity contribution in [2.45, 2.75) is 69.9 Å². The van der Waals surface area contributed by atoms with E-state index in [-0.39, 0.29) is 5.41 Å². The van der Waals surface area contributed by atoms with Gasteiger partial charge in [-0.15, -0.1) is 0 Å². The molecule has 18 heavy (non-hydrogen) atoms. The molecule has 0 heterocycles. The van der Waals surface area contributed by atoms with Gasteiger partial charge in [-0.05, 0) is 43.9 Å². The summed E-state index contributed by atoms with van der Waals surface area (Å²) in [5.41, 5.74) is -0.537. The van der Waals surface area contributed by atoms with Gasteiger partial charge in [-0.25, -0.2) is 4.39 Å². The number of unbranched alkanes of at least 4 members (excludes halogenated alkanes) is 5. The maximum atomic E-state index is 13.2. The normalized spacial score (nSPS) is 33.2. The molecule has 0 aromatic rings. The van der Waals surface area contributed by atoms with E-state index in [0.717, 1.165) is 44.9 Å². The zero-order chi connectivity index (χ0) is 13.1. The number of hydrogen-bond acceptors (Lipinski definition) is 1. The molecule has 0 atom stereocenters. The van der Waals surface area contributed by atoms with Crippen LogP contribution in [0.2, 0.25) is 0 Å². The molecule has 3 aliphatic carbocycles. The number of carboxylic acids is 1. The van der Waals surface area contributed by atoms with Crippen LogP contribution in [0.1, 0.15) is 64.2 Å². The molecule has 3 heteroatoms. The predicted molar refractivity (Wildman–Crippen MR) is 69.2 cm³/mol. The fraction of sp³-hybridized carbons (Fsp3) is 0.800. The number of rotatable bonds is 9. The first-order valence-electron chi connectivity index (χ1n) is 7.12. The van der Waals surface area contributed by atoms with Crippen LogP contribution in [0.15, 0.2) is 12.2 Å². The Hall–Kier alpha value is -0.860. The molecule has 0 spiro atoms. The van der Waals surface area contributed by atoms with Gasteiger partial charge in [-0.1, -0.05) is 31.4 Å². The van der Waals surface area contributed by atoms with Crippen molar-refractivity contribution in [1.82, 2.24) is 0 Å². The number of alkyl halides is 1. The van der Waals surface area contributed by atoms with Crippen LogP contribution in [0.25, 0.3) is 0 Å². The summed E-state index contributed by atoms with van der Waals surface area (Å²) in [6, 6.07) is 0. The second kappa shape index (κ2) is 5.41. The lowest BCUT2D eigenvalue weighted by atomic mass is 9.42. The van der Waals surface area contributed by atoms with Crippen LogP contribution in [0.4, 0.5) is 4.39 Å². The molecular weight excluding hydrogens is 231 g/mol. The van der Waals surface area contributed by atoms with Gasteiger partial charge in [-0.2, -0.15) is 0 Å². The van der Waals surface area contributed by atoms with Crippen LogP contribution < -0.4 is 0 Å². The lowest BCUT2D eigenvalue weighted by Crippen LogP contribution is -2.63. The van der Waals surface area contributed by atoms with E-state index in [9.17, 15) is 9.18 Å². The first-order chi connectivity index (χ1) is 8.54. The third-order valence-corrected chi connectivity index (χ3v) is 4.24. The first-order valence-corrected chi connectivity index (χ1v) is 7.12. The SMILES string of the molecule is O=C(O)CCCCCCCC=CC12CC(F)(C1)C2. The number of halogens is 1. The molecule has 2 nitrogen and oxygen atoms in total. The van der Waals surface area contributed by atoms with E-state index in [1.807, 2.05) is 0 Å². The van der Waals surface area contributed by atoms with Gasteiger partial charge in [0.05, 0.1) is 0 Å². The Morgan fingerprint density at radius 3 is 2.33 bits per heavy atom. The van der Waals surface area contributed by atoms with Crippen molar-refractivity contribution in [3.05, 3.63) is 12.2 Å². The van der Waals surface area contributed by atoms with Crippen molar-refractivity contribution in [2.24, 2.45) is 5.41 Å². The van der Waals surface area contributed by atoms with Gasteiger partial charge in [0.2, 0.25) is 0 Å². The van der Waals surface area contributed by atoms with E-state index in [2.05, 4.69) is 12.2 Å². The summed E-state index contributed by atoms with van der Waals surface area (Å²) in [6.07, 6.45) is 13.4. The Morgan fingerprint density at radius 1 is 1.11 bits per heavy atom. The summed E-state index contributed by atoms with van der Waals surface area (Å²) >= 11 is 0. The summed E-state index contributed by atoms with van der Waals surface area (Å²) in [4.78, 5) is 10.3. The molecule has 1 N–H and O–H groups in total. The first kappa shape index (κ1) is 13.6. The Bertz CT molecular complexity index is 316. The summed E-state index contributed by atoms with van der Waals surface area (Å²) in [6.45, 7) is 0. The third kappa shape index (κ3) is 3.33. The summed E-state index contributed by atoms with van der Waals surface area (Å²) in [5.74, 6) is -0.692. The Kier molecular flexibility index (Phi) is 4.08. The van der Waals surface area contributed by atoms with Crippen molar-refractivity contribution in [3.63, 3.8) is 0 Å².